The quantitative estimate of drug-likeness (QED) is 0.703. The number of hydrogen-bond acceptors (Lipinski definition) is 4. The summed E-state index contributed by atoms with van der Waals surface area (Å²) in [6, 6.07) is 16.3. The minimum Gasteiger partial charge on any atom is -0.481 e. The van der Waals surface area contributed by atoms with Crippen LogP contribution in [0.2, 0.25) is 0 Å². The van der Waals surface area contributed by atoms with Gasteiger partial charge in [-0.3, -0.25) is 4.79 Å². The van der Waals surface area contributed by atoms with E-state index < -0.39 is 16.1 Å². The Kier molecular flexibility index (Phi) is 7.17. The van der Waals surface area contributed by atoms with E-state index in [0.717, 1.165) is 5.56 Å². The van der Waals surface area contributed by atoms with Crippen LogP contribution in [0.4, 0.5) is 0 Å². The molecule has 140 valence electrons. The molecule has 1 atom stereocenters. The summed E-state index contributed by atoms with van der Waals surface area (Å²) in [5.41, 5.74) is 1.58. The van der Waals surface area contributed by atoms with E-state index in [-0.39, 0.29) is 11.7 Å². The maximum Gasteiger partial charge on any atom is 0.261 e. The van der Waals surface area contributed by atoms with Gasteiger partial charge in [0.05, 0.1) is 5.75 Å². The molecule has 0 spiro atoms. The van der Waals surface area contributed by atoms with Gasteiger partial charge in [0.1, 0.15) is 5.75 Å². The number of hydrogen-bond donors (Lipinski definition) is 2. The molecule has 0 bridgehead atoms. The SMILES string of the molecule is CC[C@@H](Oc1ccccc1)C(=O)NCc1ccc(CS(=O)(=O)NC)cc1. The van der Waals surface area contributed by atoms with Gasteiger partial charge in [0, 0.05) is 6.54 Å². The number of carbonyl (C=O) groups excluding carboxylic acids is 1. The number of rotatable bonds is 9. The predicted octanol–water partition coefficient (Wildman–Crippen LogP) is 2.21. The number of carbonyl (C=O) groups is 1. The molecule has 0 saturated carbocycles. The summed E-state index contributed by atoms with van der Waals surface area (Å²) >= 11 is 0. The lowest BCUT2D eigenvalue weighted by molar-refractivity contribution is -0.128. The molecule has 0 unspecified atom stereocenters. The molecule has 2 aromatic carbocycles. The zero-order chi connectivity index (χ0) is 19.0. The highest BCUT2D eigenvalue weighted by molar-refractivity contribution is 7.88. The van der Waals surface area contributed by atoms with E-state index in [4.69, 9.17) is 4.74 Å². The molecule has 0 radical (unpaired) electrons. The van der Waals surface area contributed by atoms with Gasteiger partial charge in [-0.1, -0.05) is 49.4 Å². The van der Waals surface area contributed by atoms with Crippen molar-refractivity contribution in [1.82, 2.24) is 10.0 Å². The lowest BCUT2D eigenvalue weighted by atomic mass is 10.1. The van der Waals surface area contributed by atoms with Crippen LogP contribution in [0.25, 0.3) is 0 Å². The highest BCUT2D eigenvalue weighted by Gasteiger charge is 2.18. The van der Waals surface area contributed by atoms with Gasteiger partial charge in [0.15, 0.2) is 6.10 Å². The van der Waals surface area contributed by atoms with Crippen molar-refractivity contribution in [1.29, 1.82) is 0 Å². The standard InChI is InChI=1S/C19H24N2O4S/c1-3-18(25-17-7-5-4-6-8-17)19(22)21-13-15-9-11-16(12-10-15)14-26(23,24)20-2/h4-12,18,20H,3,13-14H2,1-2H3,(H,21,22)/t18-/m1/s1. The lowest BCUT2D eigenvalue weighted by Crippen LogP contribution is -2.37. The first-order chi connectivity index (χ1) is 12.4. The minimum absolute atomic E-state index is 0.0705. The fraction of sp³-hybridized carbons (Fsp3) is 0.316. The third-order valence-electron chi connectivity index (χ3n) is 3.84. The summed E-state index contributed by atoms with van der Waals surface area (Å²) < 4.78 is 31.1. The number of nitrogens with one attached hydrogen (secondary N) is 2. The summed E-state index contributed by atoms with van der Waals surface area (Å²) in [4.78, 5) is 12.3. The Morgan fingerprint density at radius 2 is 1.65 bits per heavy atom. The van der Waals surface area contributed by atoms with E-state index in [1.54, 1.807) is 24.3 Å². The first kappa shape index (κ1) is 19.9. The monoisotopic (exact) mass is 376 g/mol. The first-order valence-electron chi connectivity index (χ1n) is 8.42. The van der Waals surface area contributed by atoms with Gasteiger partial charge >= 0.3 is 0 Å². The van der Waals surface area contributed by atoms with Crippen LogP contribution < -0.4 is 14.8 Å². The third-order valence-corrected chi connectivity index (χ3v) is 5.18. The molecular weight excluding hydrogens is 352 g/mol. The van der Waals surface area contributed by atoms with E-state index in [1.807, 2.05) is 37.3 Å². The van der Waals surface area contributed by atoms with E-state index in [2.05, 4.69) is 10.0 Å². The number of para-hydroxylation sites is 1. The number of amides is 1. The van der Waals surface area contributed by atoms with E-state index in [1.165, 1.54) is 7.05 Å². The highest BCUT2D eigenvalue weighted by Crippen LogP contribution is 2.13. The molecule has 0 aromatic heterocycles. The van der Waals surface area contributed by atoms with Gasteiger partial charge in [-0.25, -0.2) is 13.1 Å². The van der Waals surface area contributed by atoms with Crippen molar-refractivity contribution in [2.45, 2.75) is 31.7 Å². The molecule has 2 aromatic rings. The van der Waals surface area contributed by atoms with Crippen LogP contribution in [-0.2, 0) is 27.1 Å². The average molecular weight is 376 g/mol. The molecule has 26 heavy (non-hydrogen) atoms. The van der Waals surface area contributed by atoms with Crippen LogP contribution >= 0.6 is 0 Å². The third kappa shape index (κ3) is 6.16. The van der Waals surface area contributed by atoms with Crippen LogP contribution in [-0.4, -0.2) is 27.5 Å². The van der Waals surface area contributed by atoms with Gasteiger partial charge in [-0.15, -0.1) is 0 Å². The van der Waals surface area contributed by atoms with Crippen LogP contribution in [0.15, 0.2) is 54.6 Å². The second-order valence-corrected chi connectivity index (χ2v) is 7.75. The zero-order valence-electron chi connectivity index (χ0n) is 14.9. The molecule has 1 amide bonds. The molecule has 0 saturated heterocycles. The summed E-state index contributed by atoms with van der Waals surface area (Å²) in [6.45, 7) is 2.25. The first-order valence-corrected chi connectivity index (χ1v) is 10.1. The van der Waals surface area contributed by atoms with E-state index in [0.29, 0.717) is 24.3 Å². The Bertz CT molecular complexity index is 805. The summed E-state index contributed by atoms with van der Waals surface area (Å²) in [7, 11) is -1.90. The smallest absolute Gasteiger partial charge is 0.261 e. The molecule has 0 aliphatic rings. The van der Waals surface area contributed by atoms with Gasteiger partial charge in [-0.05, 0) is 36.7 Å². The Hall–Kier alpha value is -2.38. The summed E-state index contributed by atoms with van der Waals surface area (Å²) in [5.74, 6) is 0.404. The topological polar surface area (TPSA) is 84.5 Å². The van der Waals surface area contributed by atoms with Crippen molar-refractivity contribution in [3.05, 3.63) is 65.7 Å². The highest BCUT2D eigenvalue weighted by atomic mass is 32.2. The Labute approximate surface area is 154 Å². The van der Waals surface area contributed by atoms with Crippen molar-refractivity contribution < 1.29 is 17.9 Å². The summed E-state index contributed by atoms with van der Waals surface area (Å²) in [6.07, 6.45) is -0.000835. The van der Waals surface area contributed by atoms with Gasteiger partial charge in [-0.2, -0.15) is 0 Å². The Balaban J connectivity index is 1.89. The van der Waals surface area contributed by atoms with Gasteiger partial charge < -0.3 is 10.1 Å². The van der Waals surface area contributed by atoms with E-state index >= 15 is 0 Å². The molecule has 2 rings (SSSR count). The van der Waals surface area contributed by atoms with Crippen molar-refractivity contribution >= 4 is 15.9 Å². The van der Waals surface area contributed by atoms with Crippen molar-refractivity contribution in [2.75, 3.05) is 7.05 Å². The molecule has 0 heterocycles. The molecule has 6 nitrogen and oxygen atoms in total. The average Bonchev–Trinajstić information content (AvgIpc) is 2.66. The lowest BCUT2D eigenvalue weighted by Gasteiger charge is -2.17. The fourth-order valence-electron chi connectivity index (χ4n) is 2.33. The van der Waals surface area contributed by atoms with Crippen LogP contribution in [0.1, 0.15) is 24.5 Å². The van der Waals surface area contributed by atoms with Crippen molar-refractivity contribution in [3.8, 4) is 5.75 Å². The second kappa shape index (κ2) is 9.35. The fourth-order valence-corrected chi connectivity index (χ4v) is 3.11. The maximum atomic E-state index is 12.3. The maximum absolute atomic E-state index is 12.3. The normalized spacial score (nSPS) is 12.4. The summed E-state index contributed by atoms with van der Waals surface area (Å²) in [5, 5.41) is 2.85. The minimum atomic E-state index is -3.29. The molecule has 0 aliphatic carbocycles. The van der Waals surface area contributed by atoms with Crippen molar-refractivity contribution in [3.63, 3.8) is 0 Å². The number of sulfonamides is 1. The molecule has 2 N–H and O–H groups in total. The van der Waals surface area contributed by atoms with Crippen LogP contribution in [0.5, 0.6) is 5.75 Å². The Morgan fingerprint density at radius 1 is 1.04 bits per heavy atom. The second-order valence-electron chi connectivity index (χ2n) is 5.83. The Morgan fingerprint density at radius 3 is 2.23 bits per heavy atom. The number of ether oxygens (including phenoxy) is 1. The molecule has 0 aliphatic heterocycles. The van der Waals surface area contributed by atoms with Crippen LogP contribution in [0.3, 0.4) is 0 Å². The van der Waals surface area contributed by atoms with E-state index in [9.17, 15) is 13.2 Å². The van der Waals surface area contributed by atoms with Crippen molar-refractivity contribution in [2.24, 2.45) is 0 Å². The largest absolute Gasteiger partial charge is 0.481 e. The predicted molar refractivity (Wildman–Crippen MR) is 101 cm³/mol. The molecular formula is C19H24N2O4S. The van der Waals surface area contributed by atoms with Gasteiger partial charge in [0.25, 0.3) is 5.91 Å². The zero-order valence-corrected chi connectivity index (χ0v) is 15.8. The molecule has 0 fully saturated rings. The molecule has 7 heteroatoms. The number of benzene rings is 2. The van der Waals surface area contributed by atoms with Gasteiger partial charge in [0.2, 0.25) is 10.0 Å². The van der Waals surface area contributed by atoms with Crippen LogP contribution in [0, 0.1) is 0 Å².